The molecule has 148 valence electrons. The molecule has 0 saturated carbocycles. The zero-order chi connectivity index (χ0) is 19.8. The molecule has 7 nitrogen and oxygen atoms in total. The molecule has 1 aliphatic heterocycles. The molecule has 4 heterocycles. The molecule has 1 N–H and O–H groups in total. The number of hydrogen-bond donors (Lipinski definition) is 1. The van der Waals surface area contributed by atoms with E-state index in [2.05, 4.69) is 15.2 Å². The minimum absolute atomic E-state index is 0.228. The number of ether oxygens (including phenoxy) is 1. The average Bonchev–Trinajstić information content (AvgIpc) is 3.47. The van der Waals surface area contributed by atoms with Crippen LogP contribution in [0.25, 0.3) is 21.0 Å². The molecule has 1 fully saturated rings. The predicted molar refractivity (Wildman–Crippen MR) is 115 cm³/mol. The SMILES string of the molecule is Cc1sc(-c2ccco2)nc1C(=O)Nc1ccc2nc(N3CCOCC3)sc2c1. The number of morpholine rings is 1. The van der Waals surface area contributed by atoms with Crippen LogP contribution in [0.1, 0.15) is 15.4 Å². The summed E-state index contributed by atoms with van der Waals surface area (Å²) in [7, 11) is 0. The van der Waals surface area contributed by atoms with Crippen molar-refractivity contribution in [2.24, 2.45) is 0 Å². The van der Waals surface area contributed by atoms with Gasteiger partial charge in [-0.05, 0) is 37.3 Å². The van der Waals surface area contributed by atoms with Crippen molar-refractivity contribution < 1.29 is 13.9 Å². The van der Waals surface area contributed by atoms with E-state index in [1.165, 1.54) is 11.3 Å². The van der Waals surface area contributed by atoms with E-state index in [0.29, 0.717) is 16.5 Å². The number of nitrogens with one attached hydrogen (secondary N) is 1. The molecular weight excluding hydrogens is 408 g/mol. The predicted octanol–water partition coefficient (Wildman–Crippen LogP) is 4.41. The number of furan rings is 1. The number of fused-ring (bicyclic) bond motifs is 1. The zero-order valence-corrected chi connectivity index (χ0v) is 17.3. The lowest BCUT2D eigenvalue weighted by molar-refractivity contribution is 0.102. The van der Waals surface area contributed by atoms with Gasteiger partial charge in [-0.1, -0.05) is 11.3 Å². The molecule has 1 saturated heterocycles. The highest BCUT2D eigenvalue weighted by molar-refractivity contribution is 7.22. The maximum atomic E-state index is 12.8. The lowest BCUT2D eigenvalue weighted by Crippen LogP contribution is -2.36. The van der Waals surface area contributed by atoms with Crippen LogP contribution < -0.4 is 10.2 Å². The summed E-state index contributed by atoms with van der Waals surface area (Å²) in [5.41, 5.74) is 2.07. The highest BCUT2D eigenvalue weighted by Gasteiger charge is 2.19. The second kappa shape index (κ2) is 7.58. The largest absolute Gasteiger partial charge is 0.462 e. The Hall–Kier alpha value is -2.75. The van der Waals surface area contributed by atoms with Crippen LogP contribution in [0.2, 0.25) is 0 Å². The Morgan fingerprint density at radius 2 is 2.03 bits per heavy atom. The van der Waals surface area contributed by atoms with Crippen molar-refractivity contribution in [3.63, 3.8) is 0 Å². The van der Waals surface area contributed by atoms with Crippen LogP contribution in [0.4, 0.5) is 10.8 Å². The van der Waals surface area contributed by atoms with Gasteiger partial charge in [-0.25, -0.2) is 9.97 Å². The van der Waals surface area contributed by atoms with E-state index in [-0.39, 0.29) is 5.91 Å². The Labute approximate surface area is 175 Å². The summed E-state index contributed by atoms with van der Waals surface area (Å²) < 4.78 is 11.8. The van der Waals surface area contributed by atoms with Crippen LogP contribution in [0.3, 0.4) is 0 Å². The monoisotopic (exact) mass is 426 g/mol. The van der Waals surface area contributed by atoms with Crippen LogP contribution in [0.15, 0.2) is 41.0 Å². The van der Waals surface area contributed by atoms with Crippen molar-refractivity contribution in [2.75, 3.05) is 36.5 Å². The zero-order valence-electron chi connectivity index (χ0n) is 15.7. The van der Waals surface area contributed by atoms with Crippen LogP contribution in [-0.4, -0.2) is 42.2 Å². The second-order valence-corrected chi connectivity index (χ2v) is 8.85. The molecule has 5 rings (SSSR count). The first kappa shape index (κ1) is 18.3. The molecule has 0 spiro atoms. The Morgan fingerprint density at radius 1 is 1.17 bits per heavy atom. The molecule has 1 aliphatic rings. The first-order chi connectivity index (χ1) is 14.2. The Balaban J connectivity index is 1.36. The maximum Gasteiger partial charge on any atom is 0.275 e. The van der Waals surface area contributed by atoms with E-state index in [1.54, 1.807) is 23.7 Å². The molecule has 1 amide bonds. The molecule has 3 aromatic heterocycles. The van der Waals surface area contributed by atoms with Crippen molar-refractivity contribution in [3.8, 4) is 10.8 Å². The molecule has 0 bridgehead atoms. The number of hydrogen-bond acceptors (Lipinski definition) is 8. The van der Waals surface area contributed by atoms with Crippen LogP contribution >= 0.6 is 22.7 Å². The quantitative estimate of drug-likeness (QED) is 0.521. The normalized spacial score (nSPS) is 14.4. The number of amides is 1. The molecule has 0 radical (unpaired) electrons. The van der Waals surface area contributed by atoms with E-state index >= 15 is 0 Å². The van der Waals surface area contributed by atoms with Gasteiger partial charge in [0.15, 0.2) is 15.9 Å². The van der Waals surface area contributed by atoms with Crippen LogP contribution in [0, 0.1) is 6.92 Å². The van der Waals surface area contributed by atoms with E-state index in [0.717, 1.165) is 52.2 Å². The summed E-state index contributed by atoms with van der Waals surface area (Å²) in [5, 5.41) is 4.65. The third kappa shape index (κ3) is 3.64. The number of aromatic nitrogens is 2. The minimum atomic E-state index is -0.228. The number of benzene rings is 1. The fourth-order valence-electron chi connectivity index (χ4n) is 3.18. The first-order valence-corrected chi connectivity index (χ1v) is 10.9. The molecule has 4 aromatic rings. The first-order valence-electron chi connectivity index (χ1n) is 9.23. The number of anilines is 2. The fraction of sp³-hybridized carbons (Fsp3) is 0.250. The Kier molecular flexibility index (Phi) is 4.78. The summed E-state index contributed by atoms with van der Waals surface area (Å²) in [4.78, 5) is 25.0. The van der Waals surface area contributed by atoms with Gasteiger partial charge in [-0.15, -0.1) is 11.3 Å². The number of nitrogens with zero attached hydrogens (tertiary/aromatic N) is 3. The molecule has 29 heavy (non-hydrogen) atoms. The summed E-state index contributed by atoms with van der Waals surface area (Å²) in [6, 6.07) is 9.42. The van der Waals surface area contributed by atoms with E-state index < -0.39 is 0 Å². The summed E-state index contributed by atoms with van der Waals surface area (Å²) in [5.74, 6) is 0.438. The fourth-order valence-corrected chi connectivity index (χ4v) is 5.12. The van der Waals surface area contributed by atoms with Crippen LogP contribution in [0.5, 0.6) is 0 Å². The Morgan fingerprint density at radius 3 is 2.83 bits per heavy atom. The van der Waals surface area contributed by atoms with Gasteiger partial charge in [0, 0.05) is 23.7 Å². The number of carbonyl (C=O) groups is 1. The highest BCUT2D eigenvalue weighted by Crippen LogP contribution is 2.32. The van der Waals surface area contributed by atoms with Gasteiger partial charge in [0.1, 0.15) is 5.69 Å². The van der Waals surface area contributed by atoms with Crippen molar-refractivity contribution >= 4 is 49.6 Å². The summed E-state index contributed by atoms with van der Waals surface area (Å²) >= 11 is 3.07. The van der Waals surface area contributed by atoms with Gasteiger partial charge in [0.2, 0.25) is 0 Å². The maximum absolute atomic E-state index is 12.8. The van der Waals surface area contributed by atoms with Crippen molar-refractivity contribution in [1.82, 2.24) is 9.97 Å². The molecule has 0 unspecified atom stereocenters. The van der Waals surface area contributed by atoms with Crippen molar-refractivity contribution in [2.45, 2.75) is 6.92 Å². The third-order valence-corrected chi connectivity index (χ3v) is 6.72. The third-order valence-electron chi connectivity index (χ3n) is 4.66. The van der Waals surface area contributed by atoms with Gasteiger partial charge in [0.25, 0.3) is 5.91 Å². The molecule has 0 atom stereocenters. The lowest BCUT2D eigenvalue weighted by atomic mass is 10.3. The van der Waals surface area contributed by atoms with Crippen LogP contribution in [-0.2, 0) is 4.74 Å². The lowest BCUT2D eigenvalue weighted by Gasteiger charge is -2.25. The van der Waals surface area contributed by atoms with Gasteiger partial charge in [-0.3, -0.25) is 4.79 Å². The van der Waals surface area contributed by atoms with E-state index in [9.17, 15) is 4.79 Å². The number of carbonyl (C=O) groups excluding carboxylic acids is 1. The minimum Gasteiger partial charge on any atom is -0.462 e. The average molecular weight is 427 g/mol. The highest BCUT2D eigenvalue weighted by atomic mass is 32.1. The number of thiazole rings is 2. The van der Waals surface area contributed by atoms with Gasteiger partial charge < -0.3 is 19.4 Å². The summed E-state index contributed by atoms with van der Waals surface area (Å²) in [6.45, 7) is 5.05. The second-order valence-electron chi connectivity index (χ2n) is 6.63. The topological polar surface area (TPSA) is 80.5 Å². The van der Waals surface area contributed by atoms with E-state index in [4.69, 9.17) is 14.1 Å². The molecule has 9 heteroatoms. The van der Waals surface area contributed by atoms with Gasteiger partial charge >= 0.3 is 0 Å². The van der Waals surface area contributed by atoms with Crippen molar-refractivity contribution in [1.29, 1.82) is 0 Å². The summed E-state index contributed by atoms with van der Waals surface area (Å²) in [6.07, 6.45) is 1.60. The number of rotatable bonds is 4. The van der Waals surface area contributed by atoms with Gasteiger partial charge in [0.05, 0.1) is 29.7 Å². The Bertz CT molecular complexity index is 1160. The number of aryl methyl sites for hydroxylation is 1. The smallest absolute Gasteiger partial charge is 0.275 e. The molecular formula is C20H18N4O3S2. The standard InChI is InChI=1S/C20H18N4O3S2/c1-12-17(23-19(28-12)15-3-2-8-27-15)18(25)21-13-4-5-14-16(11-13)29-20(22-14)24-6-9-26-10-7-24/h2-5,8,11H,6-7,9-10H2,1H3,(H,21,25). The molecule has 1 aromatic carbocycles. The van der Waals surface area contributed by atoms with E-state index in [1.807, 2.05) is 31.2 Å². The van der Waals surface area contributed by atoms with Crippen molar-refractivity contribution in [3.05, 3.63) is 47.2 Å². The van der Waals surface area contributed by atoms with Gasteiger partial charge in [-0.2, -0.15) is 0 Å². The molecule has 0 aliphatic carbocycles.